The van der Waals surface area contributed by atoms with Gasteiger partial charge in [-0.3, -0.25) is 9.59 Å². The van der Waals surface area contributed by atoms with Gasteiger partial charge in [0, 0.05) is 123 Å². The molecule has 0 bridgehead atoms. The molecule has 2 fully saturated rings. The van der Waals surface area contributed by atoms with Crippen LogP contribution >= 0.6 is 15.9 Å². The van der Waals surface area contributed by atoms with E-state index in [0.29, 0.717) is 87.9 Å². The Morgan fingerprint density at radius 1 is 0.568 bits per heavy atom. The zero-order valence-corrected chi connectivity index (χ0v) is 53.7. The molecule has 10 rings (SSSR count). The van der Waals surface area contributed by atoms with E-state index in [9.17, 15) is 24.0 Å². The van der Waals surface area contributed by atoms with E-state index in [0.717, 1.165) is 107 Å². The van der Waals surface area contributed by atoms with Gasteiger partial charge in [0.2, 0.25) is 0 Å². The minimum absolute atomic E-state index is 0.00687. The van der Waals surface area contributed by atoms with Crippen LogP contribution in [0.3, 0.4) is 0 Å². The Kier molecular flexibility index (Phi) is 21.4. The maximum absolute atomic E-state index is 13.5. The second-order valence-corrected chi connectivity index (χ2v) is 25.1. The van der Waals surface area contributed by atoms with Crippen molar-refractivity contribution in [1.29, 1.82) is 0 Å². The van der Waals surface area contributed by atoms with Crippen molar-refractivity contribution in [3.8, 4) is 34.5 Å². The first-order chi connectivity index (χ1) is 42.1. The number of rotatable bonds is 17. The highest BCUT2D eigenvalue weighted by atomic mass is 79.9. The van der Waals surface area contributed by atoms with Gasteiger partial charge >= 0.3 is 18.2 Å². The molecule has 6 heterocycles. The van der Waals surface area contributed by atoms with Crippen LogP contribution in [0.5, 0.6) is 34.5 Å². The molecule has 20 nitrogen and oxygen atoms in total. The number of fused-ring (bicyclic) bond motifs is 4. The number of piperidine rings is 2. The SMILES string of the molecule is CCOC(=O)/C=C\c1cc(OC)cc2c1ccc(=O)n2CCN1CCC(N(Cc2ccc3c(c2)OCCO3)C(=O)OC(C)(C)C)CC1.COc1cc(Br)c2ccc(=O)n(CCN3CCC(N(Cc4ccc5c(c4)OCCO5)C(=O)OC(C)(C)C)CC3)c2c1. The zero-order valence-electron chi connectivity index (χ0n) is 52.1. The first-order valence-corrected chi connectivity index (χ1v) is 31.1. The molecule has 4 aliphatic heterocycles. The normalized spacial score (nSPS) is 15.8. The van der Waals surface area contributed by atoms with Gasteiger partial charge in [0.1, 0.15) is 49.1 Å². The Balaban J connectivity index is 0.000000211. The Hall–Kier alpha value is -7.75. The van der Waals surface area contributed by atoms with Crippen LogP contribution in [-0.4, -0.2) is 157 Å². The first-order valence-electron chi connectivity index (χ1n) is 30.3. The van der Waals surface area contributed by atoms with Gasteiger partial charge in [-0.1, -0.05) is 12.1 Å². The number of likely N-dealkylation sites (tertiary alicyclic amines) is 2. The van der Waals surface area contributed by atoms with Gasteiger partial charge < -0.3 is 71.4 Å². The highest BCUT2D eigenvalue weighted by Crippen LogP contribution is 2.35. The number of amides is 2. The third-order valence-corrected chi connectivity index (χ3v) is 16.4. The largest absolute Gasteiger partial charge is 0.497 e. The van der Waals surface area contributed by atoms with Crippen LogP contribution in [0, 0.1) is 0 Å². The van der Waals surface area contributed by atoms with Gasteiger partial charge in [0.05, 0.1) is 31.9 Å². The maximum Gasteiger partial charge on any atom is 0.410 e. The topological polar surface area (TPSA) is 191 Å². The third-order valence-electron chi connectivity index (χ3n) is 15.8. The molecular formula is C67H83BrN6O14. The highest BCUT2D eigenvalue weighted by molar-refractivity contribution is 9.10. The molecule has 2 aromatic heterocycles. The number of halogens is 1. The fraction of sp³-hybridized carbons (Fsp3) is 0.478. The van der Waals surface area contributed by atoms with E-state index >= 15 is 0 Å². The standard InChI is InChI=1S/C36H45N3O8.C31H38BrN3O6/c1-6-44-34(41)12-8-26-22-28(43-5)23-30-29(26)9-11-33(40)38(30)18-17-37-15-13-27(14-16-37)39(35(42)47-36(2,3)4)24-25-7-10-31-32(21-25)46-20-19-45-31;1-31(2,3)41-30(37)35(20-21-5-7-27-28(17-21)40-16-15-39-27)22-9-11-33(12-10-22)13-14-34-26-19-23(38-4)18-25(32)24(26)6-8-29(34)36/h7-12,21-23,27H,6,13-20,24H2,1-5H3;5-8,17-19,22H,9-16,20H2,1-4H3/b12-8-;. The van der Waals surface area contributed by atoms with Crippen molar-refractivity contribution in [2.75, 3.05) is 86.5 Å². The number of hydrogen-bond donors (Lipinski definition) is 0. The fourth-order valence-electron chi connectivity index (χ4n) is 11.4. The van der Waals surface area contributed by atoms with E-state index in [1.165, 1.54) is 6.08 Å². The number of aromatic nitrogens is 2. The predicted molar refractivity (Wildman–Crippen MR) is 340 cm³/mol. The van der Waals surface area contributed by atoms with E-state index in [-0.39, 0.29) is 42.0 Å². The molecule has 472 valence electrons. The van der Waals surface area contributed by atoms with E-state index in [2.05, 4.69) is 25.7 Å². The maximum atomic E-state index is 13.5. The number of carbonyl (C=O) groups is 3. The average Bonchev–Trinajstić information content (AvgIpc) is 2.93. The minimum Gasteiger partial charge on any atom is -0.497 e. The molecule has 0 atom stereocenters. The zero-order chi connectivity index (χ0) is 62.7. The summed E-state index contributed by atoms with van der Waals surface area (Å²) in [6, 6.07) is 26.0. The van der Waals surface area contributed by atoms with E-state index in [1.54, 1.807) is 50.0 Å². The quantitative estimate of drug-likeness (QED) is 0.0475. The molecule has 0 radical (unpaired) electrons. The van der Waals surface area contributed by atoms with Crippen molar-refractivity contribution < 1.29 is 57.0 Å². The highest BCUT2D eigenvalue weighted by Gasteiger charge is 2.34. The molecule has 4 aromatic carbocycles. The van der Waals surface area contributed by atoms with Crippen molar-refractivity contribution >= 4 is 62.0 Å². The molecule has 2 saturated heterocycles. The van der Waals surface area contributed by atoms with Crippen LogP contribution in [0.1, 0.15) is 90.8 Å². The van der Waals surface area contributed by atoms with Crippen molar-refractivity contribution in [2.45, 2.75) is 124 Å². The molecule has 88 heavy (non-hydrogen) atoms. The summed E-state index contributed by atoms with van der Waals surface area (Å²) in [6.07, 6.45) is 5.58. The van der Waals surface area contributed by atoms with Gasteiger partial charge in [0.15, 0.2) is 23.0 Å². The van der Waals surface area contributed by atoms with E-state index in [1.807, 2.05) is 123 Å². The fourth-order valence-corrected chi connectivity index (χ4v) is 12.0. The number of pyridine rings is 2. The average molecular weight is 1280 g/mol. The van der Waals surface area contributed by atoms with Gasteiger partial charge in [0.25, 0.3) is 11.1 Å². The lowest BCUT2D eigenvalue weighted by molar-refractivity contribution is -0.137. The van der Waals surface area contributed by atoms with E-state index < -0.39 is 17.2 Å². The summed E-state index contributed by atoms with van der Waals surface area (Å²) < 4.78 is 55.0. The van der Waals surface area contributed by atoms with E-state index in [4.69, 9.17) is 42.6 Å². The Labute approximate surface area is 522 Å². The molecular weight excluding hydrogens is 1190 g/mol. The van der Waals surface area contributed by atoms with Crippen LogP contribution in [0.2, 0.25) is 0 Å². The summed E-state index contributed by atoms with van der Waals surface area (Å²) in [5.74, 6) is 3.69. The van der Waals surface area contributed by atoms with Gasteiger partial charge in [-0.25, -0.2) is 14.4 Å². The predicted octanol–water partition coefficient (Wildman–Crippen LogP) is 10.7. The smallest absolute Gasteiger partial charge is 0.410 e. The molecule has 0 saturated carbocycles. The van der Waals surface area contributed by atoms with Gasteiger partial charge in [-0.15, -0.1) is 0 Å². The number of esters is 1. The number of ether oxygens (including phenoxy) is 9. The summed E-state index contributed by atoms with van der Waals surface area (Å²) in [5, 5.41) is 1.80. The van der Waals surface area contributed by atoms with Crippen molar-refractivity contribution in [3.63, 3.8) is 0 Å². The van der Waals surface area contributed by atoms with Crippen LogP contribution < -0.4 is 39.5 Å². The molecule has 6 aromatic rings. The Morgan fingerprint density at radius 2 is 1.00 bits per heavy atom. The van der Waals surface area contributed by atoms with Crippen LogP contribution in [0.15, 0.2) is 105 Å². The Bertz CT molecular complexity index is 3590. The first kappa shape index (κ1) is 64.7. The molecule has 0 unspecified atom stereocenters. The molecule has 4 aliphatic rings. The molecule has 0 aliphatic carbocycles. The summed E-state index contributed by atoms with van der Waals surface area (Å²) in [5.41, 5.74) is 2.88. The number of hydrogen-bond acceptors (Lipinski definition) is 16. The molecule has 2 amide bonds. The van der Waals surface area contributed by atoms with Crippen LogP contribution in [0.4, 0.5) is 9.59 Å². The number of benzene rings is 4. The summed E-state index contributed by atoms with van der Waals surface area (Å²) >= 11 is 3.61. The van der Waals surface area contributed by atoms with Crippen LogP contribution in [-0.2, 0) is 45.2 Å². The van der Waals surface area contributed by atoms with Gasteiger partial charge in [-0.2, -0.15) is 0 Å². The van der Waals surface area contributed by atoms with Gasteiger partial charge in [-0.05, 0) is 161 Å². The summed E-state index contributed by atoms with van der Waals surface area (Å²) in [7, 11) is 3.20. The summed E-state index contributed by atoms with van der Waals surface area (Å²) in [6.45, 7) is 21.8. The van der Waals surface area contributed by atoms with Crippen molar-refractivity contribution in [2.24, 2.45) is 0 Å². The lowest BCUT2D eigenvalue weighted by Gasteiger charge is -2.39. The lowest BCUT2D eigenvalue weighted by atomic mass is 10.0. The monoisotopic (exact) mass is 1270 g/mol. The molecule has 0 N–H and O–H groups in total. The number of methoxy groups -OCH3 is 2. The Morgan fingerprint density at radius 3 is 1.44 bits per heavy atom. The number of carbonyl (C=O) groups excluding carboxylic acids is 3. The number of nitrogens with zero attached hydrogens (tertiary/aromatic N) is 6. The van der Waals surface area contributed by atoms with Crippen molar-refractivity contribution in [1.82, 2.24) is 28.7 Å². The lowest BCUT2D eigenvalue weighted by Crippen LogP contribution is -2.49. The summed E-state index contributed by atoms with van der Waals surface area (Å²) in [4.78, 5) is 73.1. The van der Waals surface area contributed by atoms with Crippen LogP contribution in [0.25, 0.3) is 27.9 Å². The second-order valence-electron chi connectivity index (χ2n) is 24.2. The second kappa shape index (κ2) is 29.0. The third kappa shape index (κ3) is 16.9. The molecule has 0 spiro atoms. The van der Waals surface area contributed by atoms with Crippen molar-refractivity contribution in [3.05, 3.63) is 133 Å². The molecule has 21 heteroatoms. The minimum atomic E-state index is -0.619.